The van der Waals surface area contributed by atoms with Gasteiger partial charge in [-0.15, -0.1) is 6.42 Å². The van der Waals surface area contributed by atoms with Crippen molar-refractivity contribution in [3.63, 3.8) is 0 Å². The number of hydrogen-bond acceptors (Lipinski definition) is 4. The van der Waals surface area contributed by atoms with Crippen molar-refractivity contribution < 1.29 is 9.13 Å². The minimum absolute atomic E-state index is 0.154. The Balaban J connectivity index is 0. The summed E-state index contributed by atoms with van der Waals surface area (Å²) in [4.78, 5) is 0.767. The van der Waals surface area contributed by atoms with Gasteiger partial charge in [0.25, 0.3) is 0 Å². The lowest BCUT2D eigenvalue weighted by Crippen LogP contribution is -2.12. The van der Waals surface area contributed by atoms with Crippen LogP contribution in [0.4, 0.5) is 10.1 Å². The Hall–Kier alpha value is -1.22. The molecule has 1 aromatic carbocycles. The highest BCUT2D eigenvalue weighted by atomic mass is 32.2. The number of rotatable bonds is 6. The number of anilines is 1. The average molecular weight is 300 g/mol. The molecule has 3 N–H and O–H groups in total. The molecule has 0 unspecified atom stereocenters. The van der Waals surface area contributed by atoms with E-state index >= 15 is 0 Å². The molecular formula is C15H25FN2OS. The summed E-state index contributed by atoms with van der Waals surface area (Å²) in [5.74, 6) is 1.96. The van der Waals surface area contributed by atoms with Crippen molar-refractivity contribution in [3.05, 3.63) is 24.0 Å². The number of benzene rings is 1. The Morgan fingerprint density at radius 3 is 2.55 bits per heavy atom. The normalized spacial score (nSPS) is 8.60. The van der Waals surface area contributed by atoms with Crippen molar-refractivity contribution in [2.24, 2.45) is 0 Å². The molecule has 0 heterocycles. The van der Waals surface area contributed by atoms with Gasteiger partial charge in [-0.25, -0.2) is 4.39 Å². The maximum Gasteiger partial charge on any atom is 0.147 e. The third-order valence-electron chi connectivity index (χ3n) is 1.70. The number of terminal acetylenes is 1. The lowest BCUT2D eigenvalue weighted by atomic mass is 10.3. The molecule has 0 spiro atoms. The standard InChI is InChI=1S/C11H13FN2OS.2C2H6/c1-2-6-15-7-5-14-16-9-3-4-11(13)10(12)8-9;2*1-2/h1,3-4,8,14H,5-7,13H2;2*1-2H3. The smallest absolute Gasteiger partial charge is 0.147 e. The summed E-state index contributed by atoms with van der Waals surface area (Å²) in [6.45, 7) is 9.47. The van der Waals surface area contributed by atoms with Crippen LogP contribution in [-0.2, 0) is 4.74 Å². The maximum absolute atomic E-state index is 13.0. The summed E-state index contributed by atoms with van der Waals surface area (Å²) in [7, 11) is 0. The van der Waals surface area contributed by atoms with Crippen LogP contribution in [0, 0.1) is 18.2 Å². The Morgan fingerprint density at radius 1 is 1.35 bits per heavy atom. The minimum Gasteiger partial charge on any atom is -0.396 e. The summed E-state index contributed by atoms with van der Waals surface area (Å²) < 4.78 is 21.1. The molecule has 0 aliphatic carbocycles. The van der Waals surface area contributed by atoms with Crippen molar-refractivity contribution >= 4 is 17.6 Å². The highest BCUT2D eigenvalue weighted by Gasteiger charge is 2.00. The fourth-order valence-electron chi connectivity index (χ4n) is 0.951. The highest BCUT2D eigenvalue weighted by Crippen LogP contribution is 2.19. The fraction of sp³-hybridized carbons (Fsp3) is 0.467. The number of halogens is 1. The fourth-order valence-corrected chi connectivity index (χ4v) is 1.60. The first-order valence-corrected chi connectivity index (χ1v) is 7.51. The monoisotopic (exact) mass is 300 g/mol. The quantitative estimate of drug-likeness (QED) is 0.364. The van der Waals surface area contributed by atoms with Crippen LogP contribution in [0.15, 0.2) is 23.1 Å². The molecule has 20 heavy (non-hydrogen) atoms. The molecule has 0 amide bonds. The molecular weight excluding hydrogens is 275 g/mol. The van der Waals surface area contributed by atoms with Crippen LogP contribution < -0.4 is 10.5 Å². The van der Waals surface area contributed by atoms with Gasteiger partial charge >= 0.3 is 0 Å². The van der Waals surface area contributed by atoms with Gasteiger partial charge in [0.05, 0.1) is 12.3 Å². The Morgan fingerprint density at radius 2 is 2.00 bits per heavy atom. The number of hydrogen-bond donors (Lipinski definition) is 2. The van der Waals surface area contributed by atoms with E-state index in [4.69, 9.17) is 16.9 Å². The van der Waals surface area contributed by atoms with E-state index in [0.29, 0.717) is 19.8 Å². The Kier molecular flexibility index (Phi) is 16.7. The van der Waals surface area contributed by atoms with E-state index in [1.54, 1.807) is 6.07 Å². The first-order valence-electron chi connectivity index (χ1n) is 6.70. The second-order valence-corrected chi connectivity index (χ2v) is 3.90. The first kappa shape index (κ1) is 21.1. The summed E-state index contributed by atoms with van der Waals surface area (Å²) in [5.41, 5.74) is 5.51. The van der Waals surface area contributed by atoms with Gasteiger partial charge in [0.1, 0.15) is 12.4 Å². The van der Waals surface area contributed by atoms with Crippen molar-refractivity contribution in [1.29, 1.82) is 0 Å². The lowest BCUT2D eigenvalue weighted by Gasteiger charge is -2.04. The van der Waals surface area contributed by atoms with Crippen molar-refractivity contribution in [2.45, 2.75) is 32.6 Å². The van der Waals surface area contributed by atoms with Crippen LogP contribution >= 0.6 is 11.9 Å². The molecule has 0 bridgehead atoms. The van der Waals surface area contributed by atoms with Gasteiger partial charge in [-0.1, -0.05) is 33.6 Å². The molecule has 0 aromatic heterocycles. The van der Waals surface area contributed by atoms with E-state index in [1.807, 2.05) is 27.7 Å². The minimum atomic E-state index is -0.407. The zero-order valence-corrected chi connectivity index (χ0v) is 13.5. The molecule has 1 rings (SSSR count). The van der Waals surface area contributed by atoms with Crippen LogP contribution in [0.3, 0.4) is 0 Å². The Labute approximate surface area is 126 Å². The molecule has 0 aliphatic heterocycles. The SMILES string of the molecule is C#CCOCCNSc1ccc(N)c(F)c1.CC.CC. The topological polar surface area (TPSA) is 47.3 Å². The average Bonchev–Trinajstić information content (AvgIpc) is 2.50. The van der Waals surface area contributed by atoms with Gasteiger partial charge in [-0.05, 0) is 30.1 Å². The molecule has 0 fully saturated rings. The zero-order valence-electron chi connectivity index (χ0n) is 12.7. The van der Waals surface area contributed by atoms with Crippen molar-refractivity contribution in [3.8, 4) is 12.3 Å². The van der Waals surface area contributed by atoms with E-state index < -0.39 is 5.82 Å². The van der Waals surface area contributed by atoms with Crippen LogP contribution in [0.5, 0.6) is 0 Å². The maximum atomic E-state index is 13.0. The van der Waals surface area contributed by atoms with E-state index in [0.717, 1.165) is 4.90 Å². The molecule has 1 aromatic rings. The van der Waals surface area contributed by atoms with Crippen LogP contribution in [0.25, 0.3) is 0 Å². The molecule has 0 saturated carbocycles. The second kappa shape index (κ2) is 15.8. The molecule has 0 atom stereocenters. The predicted octanol–water partition coefficient (Wildman–Crippen LogP) is 3.71. The van der Waals surface area contributed by atoms with E-state index in [9.17, 15) is 4.39 Å². The van der Waals surface area contributed by atoms with Gasteiger partial charge in [0.15, 0.2) is 0 Å². The zero-order chi connectivity index (χ0) is 15.8. The molecule has 0 saturated heterocycles. The molecule has 0 aliphatic rings. The lowest BCUT2D eigenvalue weighted by molar-refractivity contribution is 0.173. The number of ether oxygens (including phenoxy) is 1. The Bertz CT molecular complexity index is 381. The summed E-state index contributed by atoms with van der Waals surface area (Å²) >= 11 is 1.32. The van der Waals surface area contributed by atoms with Gasteiger partial charge in [-0.2, -0.15) is 0 Å². The highest BCUT2D eigenvalue weighted by molar-refractivity contribution is 7.97. The van der Waals surface area contributed by atoms with Crippen LogP contribution in [-0.4, -0.2) is 19.8 Å². The largest absolute Gasteiger partial charge is 0.396 e. The number of nitrogens with two attached hydrogens (primary N) is 1. The third-order valence-corrected chi connectivity index (χ3v) is 2.53. The summed E-state index contributed by atoms with van der Waals surface area (Å²) in [6, 6.07) is 4.67. The summed E-state index contributed by atoms with van der Waals surface area (Å²) in [6.07, 6.45) is 5.01. The van der Waals surface area contributed by atoms with E-state index in [1.165, 1.54) is 24.1 Å². The first-order chi connectivity index (χ1) is 9.74. The van der Waals surface area contributed by atoms with Crippen LogP contribution in [0.1, 0.15) is 27.7 Å². The third kappa shape index (κ3) is 10.7. The van der Waals surface area contributed by atoms with Gasteiger partial charge < -0.3 is 10.5 Å². The van der Waals surface area contributed by atoms with Crippen molar-refractivity contribution in [1.82, 2.24) is 4.72 Å². The molecule has 3 nitrogen and oxygen atoms in total. The summed E-state index contributed by atoms with van der Waals surface area (Å²) in [5, 5.41) is 0. The molecule has 114 valence electrons. The number of nitrogens with one attached hydrogen (secondary N) is 1. The van der Waals surface area contributed by atoms with Gasteiger partial charge in [-0.3, -0.25) is 4.72 Å². The second-order valence-electron chi connectivity index (χ2n) is 2.94. The van der Waals surface area contributed by atoms with Crippen LogP contribution in [0.2, 0.25) is 0 Å². The van der Waals surface area contributed by atoms with E-state index in [2.05, 4.69) is 10.6 Å². The van der Waals surface area contributed by atoms with Gasteiger partial charge in [0.2, 0.25) is 0 Å². The molecule has 0 radical (unpaired) electrons. The molecule has 5 heteroatoms. The van der Waals surface area contributed by atoms with Crippen molar-refractivity contribution in [2.75, 3.05) is 25.5 Å². The number of nitrogen functional groups attached to an aromatic ring is 1. The van der Waals surface area contributed by atoms with E-state index in [-0.39, 0.29) is 5.69 Å². The van der Waals surface area contributed by atoms with Gasteiger partial charge in [0, 0.05) is 11.4 Å². The predicted molar refractivity (Wildman–Crippen MR) is 87.0 cm³/mol.